The molecule has 0 spiro atoms. The summed E-state index contributed by atoms with van der Waals surface area (Å²) < 4.78 is 0. The summed E-state index contributed by atoms with van der Waals surface area (Å²) in [5.74, 6) is 0. The van der Waals surface area contributed by atoms with Crippen LogP contribution in [0, 0.1) is 0 Å². The topological polar surface area (TPSA) is 12.0 Å². The minimum Gasteiger partial charge on any atom is -0.356 e. The number of nitrogens with one attached hydrogen (secondary N) is 1. The van der Waals surface area contributed by atoms with Crippen molar-refractivity contribution in [2.75, 3.05) is 5.32 Å². The third-order valence-electron chi connectivity index (χ3n) is 3.83. The molecule has 0 saturated heterocycles. The first-order valence-corrected chi connectivity index (χ1v) is 7.13. The first-order chi connectivity index (χ1) is 10.4. The average Bonchev–Trinajstić information content (AvgIpc) is 3.05. The van der Waals surface area contributed by atoms with Gasteiger partial charge < -0.3 is 5.32 Å². The second-order valence-corrected chi connectivity index (χ2v) is 5.24. The van der Waals surface area contributed by atoms with Gasteiger partial charge in [-0.2, -0.15) is 0 Å². The number of fused-ring (bicyclic) bond motifs is 2. The van der Waals surface area contributed by atoms with Gasteiger partial charge in [-0.05, 0) is 46.5 Å². The van der Waals surface area contributed by atoms with Crippen molar-refractivity contribution >= 4 is 11.4 Å². The van der Waals surface area contributed by atoms with Crippen LogP contribution in [0.1, 0.15) is 0 Å². The van der Waals surface area contributed by atoms with E-state index in [2.05, 4.69) is 90.2 Å². The molecule has 0 aromatic heterocycles. The zero-order chi connectivity index (χ0) is 14.1. The second-order valence-electron chi connectivity index (χ2n) is 5.24. The molecule has 0 aliphatic heterocycles. The Morgan fingerprint density at radius 1 is 0.381 bits per heavy atom. The molecule has 0 heterocycles. The average molecular weight is 269 g/mol. The summed E-state index contributed by atoms with van der Waals surface area (Å²) in [5, 5.41) is 3.47. The maximum absolute atomic E-state index is 3.47. The van der Waals surface area contributed by atoms with Gasteiger partial charge >= 0.3 is 0 Å². The summed E-state index contributed by atoms with van der Waals surface area (Å²) in [6.45, 7) is 0. The minimum atomic E-state index is 1.09. The fraction of sp³-hybridized carbons (Fsp3) is 0. The van der Waals surface area contributed by atoms with Gasteiger partial charge in [-0.15, -0.1) is 0 Å². The van der Waals surface area contributed by atoms with Gasteiger partial charge in [-0.3, -0.25) is 0 Å². The molecule has 0 atom stereocenters. The highest BCUT2D eigenvalue weighted by molar-refractivity contribution is 5.72. The van der Waals surface area contributed by atoms with E-state index in [9.17, 15) is 0 Å². The van der Waals surface area contributed by atoms with Gasteiger partial charge in [0.05, 0.1) is 0 Å². The van der Waals surface area contributed by atoms with Crippen LogP contribution in [0.15, 0.2) is 84.9 Å². The Hall–Kier alpha value is -2.80. The first kappa shape index (κ1) is 12.0. The lowest BCUT2D eigenvalue weighted by atomic mass is 10.2. The van der Waals surface area contributed by atoms with Crippen molar-refractivity contribution in [3.8, 4) is 22.3 Å². The lowest BCUT2D eigenvalue weighted by molar-refractivity contribution is 1.61. The van der Waals surface area contributed by atoms with Crippen LogP contribution in [-0.4, -0.2) is 0 Å². The van der Waals surface area contributed by atoms with Crippen molar-refractivity contribution in [2.24, 2.45) is 0 Å². The van der Waals surface area contributed by atoms with E-state index in [1.165, 1.54) is 22.3 Å². The van der Waals surface area contributed by atoms with Crippen molar-refractivity contribution < 1.29 is 0 Å². The molecule has 4 aliphatic carbocycles. The van der Waals surface area contributed by atoms with Gasteiger partial charge in [0, 0.05) is 11.4 Å². The molecular weight excluding hydrogens is 254 g/mol. The van der Waals surface area contributed by atoms with Crippen LogP contribution < -0.4 is 5.32 Å². The van der Waals surface area contributed by atoms with E-state index in [1.54, 1.807) is 0 Å². The fourth-order valence-electron chi connectivity index (χ4n) is 2.67. The molecule has 1 heteroatoms. The summed E-state index contributed by atoms with van der Waals surface area (Å²) in [6.07, 6.45) is 0. The molecule has 0 aromatic rings. The second kappa shape index (κ2) is 4.95. The Balaban J connectivity index is 1.69. The van der Waals surface area contributed by atoms with Crippen LogP contribution in [0.4, 0.5) is 11.4 Å². The van der Waals surface area contributed by atoms with Crippen LogP contribution >= 0.6 is 0 Å². The number of rotatable bonds is 2. The maximum atomic E-state index is 3.47. The third kappa shape index (κ3) is 2.34. The van der Waals surface area contributed by atoms with Gasteiger partial charge in [-0.25, -0.2) is 0 Å². The van der Waals surface area contributed by atoms with Crippen LogP contribution in [0.2, 0.25) is 0 Å². The Labute approximate surface area is 124 Å². The monoisotopic (exact) mass is 269 g/mol. The molecule has 0 radical (unpaired) electrons. The van der Waals surface area contributed by atoms with Gasteiger partial charge in [0.2, 0.25) is 0 Å². The lowest BCUT2D eigenvalue weighted by Gasteiger charge is -2.01. The minimum absolute atomic E-state index is 1.09. The van der Waals surface area contributed by atoms with Gasteiger partial charge in [-0.1, -0.05) is 60.7 Å². The molecule has 21 heavy (non-hydrogen) atoms. The third-order valence-corrected chi connectivity index (χ3v) is 3.83. The zero-order valence-electron chi connectivity index (χ0n) is 11.6. The normalized spacial score (nSPS) is 10.9. The van der Waals surface area contributed by atoms with Crippen LogP contribution in [0.5, 0.6) is 0 Å². The standard InChI is InChI=1S/C20H15N/c1-3-15-7-11-19(12-8-16(15)4-1)21-20-13-9-17-5-2-6-18(17)10-14-20/h1-14,21H. The van der Waals surface area contributed by atoms with Crippen molar-refractivity contribution in [2.45, 2.75) is 0 Å². The van der Waals surface area contributed by atoms with Crippen LogP contribution in [0.25, 0.3) is 22.3 Å². The molecule has 0 aromatic carbocycles. The number of hydrogen-bond donors (Lipinski definition) is 1. The Bertz CT molecular complexity index is 702. The smallest absolute Gasteiger partial charge is 0.0384 e. The van der Waals surface area contributed by atoms with Crippen molar-refractivity contribution in [1.82, 2.24) is 0 Å². The van der Waals surface area contributed by atoms with Crippen LogP contribution in [0.3, 0.4) is 0 Å². The molecule has 0 amide bonds. The molecule has 4 rings (SSSR count). The van der Waals surface area contributed by atoms with Gasteiger partial charge in [0.15, 0.2) is 0 Å². The predicted molar refractivity (Wildman–Crippen MR) is 89.4 cm³/mol. The van der Waals surface area contributed by atoms with Gasteiger partial charge in [0.25, 0.3) is 0 Å². The molecular formula is C20H15N. The van der Waals surface area contributed by atoms with E-state index in [1.807, 2.05) is 0 Å². The summed E-state index contributed by atoms with van der Waals surface area (Å²) in [6, 6.07) is 29.8. The molecule has 0 bridgehead atoms. The van der Waals surface area contributed by atoms with E-state index in [-0.39, 0.29) is 0 Å². The molecule has 1 N–H and O–H groups in total. The van der Waals surface area contributed by atoms with E-state index in [0.717, 1.165) is 11.4 Å². The molecule has 1 nitrogen and oxygen atoms in total. The van der Waals surface area contributed by atoms with E-state index in [0.29, 0.717) is 0 Å². The highest BCUT2D eigenvalue weighted by atomic mass is 14.9. The number of anilines is 2. The molecule has 0 fully saturated rings. The SMILES string of the molecule is c1cc2ccc(Nc3ccc4cccc-4cc3)ccc-2c1. The van der Waals surface area contributed by atoms with Crippen LogP contribution in [-0.2, 0) is 0 Å². The Kier molecular flexibility index (Phi) is 2.82. The zero-order valence-corrected chi connectivity index (χ0v) is 11.6. The molecule has 4 aliphatic rings. The summed E-state index contributed by atoms with van der Waals surface area (Å²) in [7, 11) is 0. The predicted octanol–water partition coefficient (Wildman–Crippen LogP) is 5.64. The van der Waals surface area contributed by atoms with Crippen molar-refractivity contribution in [3.63, 3.8) is 0 Å². The first-order valence-electron chi connectivity index (χ1n) is 7.13. The van der Waals surface area contributed by atoms with E-state index >= 15 is 0 Å². The van der Waals surface area contributed by atoms with E-state index < -0.39 is 0 Å². The maximum Gasteiger partial charge on any atom is 0.0384 e. The Morgan fingerprint density at radius 2 is 0.714 bits per heavy atom. The molecule has 100 valence electrons. The van der Waals surface area contributed by atoms with Gasteiger partial charge in [0.1, 0.15) is 0 Å². The molecule has 0 saturated carbocycles. The largest absolute Gasteiger partial charge is 0.356 e. The quantitative estimate of drug-likeness (QED) is 0.496. The van der Waals surface area contributed by atoms with Crippen molar-refractivity contribution in [1.29, 1.82) is 0 Å². The summed E-state index contributed by atoms with van der Waals surface area (Å²) in [5.41, 5.74) is 7.25. The highest BCUT2D eigenvalue weighted by Crippen LogP contribution is 2.26. The molecule has 0 unspecified atom stereocenters. The number of hydrogen-bond acceptors (Lipinski definition) is 1. The van der Waals surface area contributed by atoms with Crippen molar-refractivity contribution in [3.05, 3.63) is 84.9 Å². The van der Waals surface area contributed by atoms with E-state index in [4.69, 9.17) is 0 Å². The summed E-state index contributed by atoms with van der Waals surface area (Å²) in [4.78, 5) is 0. The fourth-order valence-corrected chi connectivity index (χ4v) is 2.67. The lowest BCUT2D eigenvalue weighted by Crippen LogP contribution is -1.85. The Morgan fingerprint density at radius 3 is 1.05 bits per heavy atom. The highest BCUT2D eigenvalue weighted by Gasteiger charge is 2.01. The summed E-state index contributed by atoms with van der Waals surface area (Å²) >= 11 is 0.